The topological polar surface area (TPSA) is 24.1 Å². The molecule has 0 saturated heterocycles. The van der Waals surface area contributed by atoms with Crippen LogP contribution in [-0.2, 0) is 0 Å². The average Bonchev–Trinajstić information content (AvgIpc) is 2.85. The van der Waals surface area contributed by atoms with E-state index in [0.29, 0.717) is 0 Å². The van der Waals surface area contributed by atoms with Crippen molar-refractivity contribution >= 4 is 0 Å². The number of nitrogens with zero attached hydrogens (tertiary/aromatic N) is 1. The van der Waals surface area contributed by atoms with Crippen LogP contribution in [0, 0.1) is 0 Å². The van der Waals surface area contributed by atoms with Gasteiger partial charge in [-0.1, -0.05) is 84.9 Å². The molecule has 5 rings (SSSR count). The first kappa shape index (κ1) is 18.8. The summed E-state index contributed by atoms with van der Waals surface area (Å²) < 4.78 is 2.16. The molecule has 31 heavy (non-hydrogen) atoms. The highest BCUT2D eigenvalue weighted by molar-refractivity contribution is 5.91. The van der Waals surface area contributed by atoms with E-state index in [1.54, 1.807) is 12.1 Å². The predicted molar refractivity (Wildman–Crippen MR) is 126 cm³/mol. The highest BCUT2D eigenvalue weighted by Gasteiger charge is 2.25. The number of phenolic OH excluding ortho intramolecular Hbond substituents is 1. The van der Waals surface area contributed by atoms with E-state index in [9.17, 15) is 5.11 Å². The summed E-state index contributed by atoms with van der Waals surface area (Å²) >= 11 is 0. The lowest BCUT2D eigenvalue weighted by Gasteiger charge is -2.15. The Morgan fingerprint density at radius 2 is 1.10 bits per heavy atom. The molecular formula is C29H22NO+. The van der Waals surface area contributed by atoms with E-state index in [1.807, 2.05) is 30.3 Å². The number of aromatic hydroxyl groups is 1. The SMILES string of the molecule is Oc1cccc(-[n+]2ccc(-c3ccccc3)c(-c3ccccc3)c2-c2ccccc2)c1. The molecule has 1 N–H and O–H groups in total. The van der Waals surface area contributed by atoms with Gasteiger partial charge in [0, 0.05) is 23.3 Å². The second kappa shape index (κ2) is 8.29. The molecule has 0 radical (unpaired) electrons. The molecule has 5 aromatic rings. The minimum absolute atomic E-state index is 0.248. The van der Waals surface area contributed by atoms with Gasteiger partial charge in [0.25, 0.3) is 0 Å². The lowest BCUT2D eigenvalue weighted by atomic mass is 9.90. The van der Waals surface area contributed by atoms with E-state index in [2.05, 4.69) is 89.6 Å². The first-order valence-corrected chi connectivity index (χ1v) is 10.4. The van der Waals surface area contributed by atoms with Crippen LogP contribution < -0.4 is 4.57 Å². The zero-order valence-corrected chi connectivity index (χ0v) is 17.0. The summed E-state index contributed by atoms with van der Waals surface area (Å²) in [6, 6.07) is 40.9. The standard InChI is InChI=1S/C29H21NO/c31-26-18-10-17-25(21-26)30-20-19-27(22-11-4-1-5-12-22)28(23-13-6-2-7-14-23)29(30)24-15-8-3-9-16-24/h1-21H/p+1. The third-order valence-electron chi connectivity index (χ3n) is 5.44. The fraction of sp³-hybridized carbons (Fsp3) is 0. The molecule has 1 aromatic heterocycles. The Bertz CT molecular complexity index is 1310. The molecule has 0 unspecified atom stereocenters. The molecule has 4 aromatic carbocycles. The number of hydrogen-bond donors (Lipinski definition) is 1. The largest absolute Gasteiger partial charge is 0.508 e. The fourth-order valence-electron chi connectivity index (χ4n) is 4.05. The second-order valence-corrected chi connectivity index (χ2v) is 7.44. The van der Waals surface area contributed by atoms with Crippen LogP contribution in [0.1, 0.15) is 0 Å². The number of aromatic nitrogens is 1. The van der Waals surface area contributed by atoms with Gasteiger partial charge in [-0.15, -0.1) is 0 Å². The average molecular weight is 401 g/mol. The summed E-state index contributed by atoms with van der Waals surface area (Å²) in [7, 11) is 0. The maximum absolute atomic E-state index is 10.1. The van der Waals surface area contributed by atoms with Gasteiger partial charge in [0.2, 0.25) is 11.4 Å². The predicted octanol–water partition coefficient (Wildman–Crippen LogP) is 6.67. The van der Waals surface area contributed by atoms with Crippen molar-refractivity contribution in [3.05, 3.63) is 128 Å². The van der Waals surface area contributed by atoms with Crippen LogP contribution in [0.5, 0.6) is 5.75 Å². The number of hydrogen-bond acceptors (Lipinski definition) is 1. The van der Waals surface area contributed by atoms with Crippen molar-refractivity contribution in [2.45, 2.75) is 0 Å². The van der Waals surface area contributed by atoms with Crippen LogP contribution in [-0.4, -0.2) is 5.11 Å². The van der Waals surface area contributed by atoms with Crippen molar-refractivity contribution in [1.29, 1.82) is 0 Å². The monoisotopic (exact) mass is 400 g/mol. The van der Waals surface area contributed by atoms with Crippen LogP contribution in [0.2, 0.25) is 0 Å². The van der Waals surface area contributed by atoms with Crippen molar-refractivity contribution in [2.24, 2.45) is 0 Å². The Hall–Kier alpha value is -4.17. The van der Waals surface area contributed by atoms with E-state index in [4.69, 9.17) is 0 Å². The number of pyridine rings is 1. The van der Waals surface area contributed by atoms with Gasteiger partial charge in [0.1, 0.15) is 5.75 Å². The molecule has 0 amide bonds. The maximum atomic E-state index is 10.1. The van der Waals surface area contributed by atoms with Crippen LogP contribution >= 0.6 is 0 Å². The van der Waals surface area contributed by atoms with Crippen LogP contribution in [0.3, 0.4) is 0 Å². The molecule has 2 nitrogen and oxygen atoms in total. The zero-order valence-electron chi connectivity index (χ0n) is 17.0. The van der Waals surface area contributed by atoms with Gasteiger partial charge in [0.15, 0.2) is 6.20 Å². The Labute approximate surface area is 182 Å². The lowest BCUT2D eigenvalue weighted by Crippen LogP contribution is -2.33. The van der Waals surface area contributed by atoms with E-state index in [1.165, 1.54) is 11.1 Å². The minimum Gasteiger partial charge on any atom is -0.508 e. The molecule has 0 spiro atoms. The van der Waals surface area contributed by atoms with Gasteiger partial charge in [-0.3, -0.25) is 0 Å². The number of rotatable bonds is 4. The molecule has 148 valence electrons. The fourth-order valence-corrected chi connectivity index (χ4v) is 4.05. The Morgan fingerprint density at radius 3 is 1.71 bits per heavy atom. The molecule has 1 heterocycles. The van der Waals surface area contributed by atoms with Gasteiger partial charge in [0.05, 0.1) is 11.6 Å². The van der Waals surface area contributed by atoms with Gasteiger partial charge in [-0.2, -0.15) is 4.57 Å². The van der Waals surface area contributed by atoms with Gasteiger partial charge in [-0.25, -0.2) is 0 Å². The van der Waals surface area contributed by atoms with Gasteiger partial charge < -0.3 is 5.11 Å². The Kier molecular flexibility index (Phi) is 5.04. The molecule has 2 heteroatoms. The van der Waals surface area contributed by atoms with E-state index >= 15 is 0 Å². The van der Waals surface area contributed by atoms with Crippen LogP contribution in [0.15, 0.2) is 128 Å². The summed E-state index contributed by atoms with van der Waals surface area (Å²) in [6.07, 6.45) is 2.09. The molecule has 0 aliphatic rings. The highest BCUT2D eigenvalue weighted by Crippen LogP contribution is 2.38. The van der Waals surface area contributed by atoms with E-state index in [0.717, 1.165) is 28.1 Å². The third kappa shape index (κ3) is 3.72. The Balaban J connectivity index is 1.91. The minimum atomic E-state index is 0.248. The Morgan fingerprint density at radius 1 is 0.516 bits per heavy atom. The summed E-state index contributed by atoms with van der Waals surface area (Å²) in [4.78, 5) is 0. The first-order valence-electron chi connectivity index (χ1n) is 10.4. The quantitative estimate of drug-likeness (QED) is 0.335. The first-order chi connectivity index (χ1) is 15.3. The number of phenols is 1. The summed E-state index contributed by atoms with van der Waals surface area (Å²) in [5.74, 6) is 0.248. The molecule has 0 aliphatic heterocycles. The zero-order chi connectivity index (χ0) is 21.0. The van der Waals surface area contributed by atoms with Crippen LogP contribution in [0.4, 0.5) is 0 Å². The highest BCUT2D eigenvalue weighted by atomic mass is 16.3. The maximum Gasteiger partial charge on any atom is 0.226 e. The number of benzene rings is 4. The van der Waals surface area contributed by atoms with Crippen molar-refractivity contribution in [2.75, 3.05) is 0 Å². The van der Waals surface area contributed by atoms with Crippen molar-refractivity contribution in [3.8, 4) is 44.9 Å². The summed E-state index contributed by atoms with van der Waals surface area (Å²) in [6.45, 7) is 0. The molecule has 0 saturated carbocycles. The normalized spacial score (nSPS) is 10.7. The molecular weight excluding hydrogens is 378 g/mol. The third-order valence-corrected chi connectivity index (χ3v) is 5.44. The van der Waals surface area contributed by atoms with Crippen molar-refractivity contribution in [1.82, 2.24) is 0 Å². The molecule has 0 bridgehead atoms. The lowest BCUT2D eigenvalue weighted by molar-refractivity contribution is -0.583. The smallest absolute Gasteiger partial charge is 0.226 e. The van der Waals surface area contributed by atoms with Crippen LogP contribution in [0.25, 0.3) is 39.2 Å². The molecule has 0 fully saturated rings. The molecule has 0 aliphatic carbocycles. The van der Waals surface area contributed by atoms with Crippen molar-refractivity contribution in [3.63, 3.8) is 0 Å². The van der Waals surface area contributed by atoms with E-state index < -0.39 is 0 Å². The van der Waals surface area contributed by atoms with Gasteiger partial charge >= 0.3 is 0 Å². The molecule has 0 atom stereocenters. The van der Waals surface area contributed by atoms with E-state index in [-0.39, 0.29) is 5.75 Å². The summed E-state index contributed by atoms with van der Waals surface area (Å²) in [5.41, 5.74) is 7.75. The summed E-state index contributed by atoms with van der Waals surface area (Å²) in [5, 5.41) is 10.1. The van der Waals surface area contributed by atoms with Crippen molar-refractivity contribution < 1.29 is 9.67 Å². The van der Waals surface area contributed by atoms with Gasteiger partial charge in [-0.05, 0) is 29.3 Å². The second-order valence-electron chi connectivity index (χ2n) is 7.44.